The van der Waals surface area contributed by atoms with Crippen LogP contribution in [-0.4, -0.2) is 44.2 Å². The molecule has 0 amide bonds. The third-order valence-corrected chi connectivity index (χ3v) is 4.58. The molecule has 106 valence electrons. The number of hydrogen-bond acceptors (Lipinski definition) is 4. The second kappa shape index (κ2) is 6.00. The van der Waals surface area contributed by atoms with Crippen molar-refractivity contribution in [2.45, 2.75) is 30.2 Å². The molecule has 1 atom stereocenters. The summed E-state index contributed by atoms with van der Waals surface area (Å²) in [5, 5.41) is 14.3. The molecule has 5 nitrogen and oxygen atoms in total. The lowest BCUT2D eigenvalue weighted by atomic mass is 10.1. The monoisotopic (exact) mass is 284 g/mol. The van der Waals surface area contributed by atoms with Crippen LogP contribution in [0.3, 0.4) is 0 Å². The van der Waals surface area contributed by atoms with E-state index in [0.717, 1.165) is 37.9 Å². The van der Waals surface area contributed by atoms with Gasteiger partial charge in [-0.15, -0.1) is 0 Å². The van der Waals surface area contributed by atoms with Gasteiger partial charge in [0.25, 0.3) is 0 Å². The third kappa shape index (κ3) is 3.76. The number of rotatable bonds is 5. The lowest BCUT2D eigenvalue weighted by Crippen LogP contribution is -2.33. The topological polar surface area (TPSA) is 83.6 Å². The van der Waals surface area contributed by atoms with Crippen molar-refractivity contribution in [2.75, 3.05) is 19.7 Å². The van der Waals surface area contributed by atoms with Crippen LogP contribution in [0.5, 0.6) is 0 Å². The number of hydrogen-bond donors (Lipinski definition) is 2. The highest BCUT2D eigenvalue weighted by Gasteiger charge is 2.22. The fourth-order valence-corrected chi connectivity index (χ4v) is 3.03. The van der Waals surface area contributed by atoms with Gasteiger partial charge in [0.1, 0.15) is 0 Å². The number of nitrogens with zero attached hydrogens (tertiary/aromatic N) is 1. The lowest BCUT2D eigenvalue weighted by Gasteiger charge is -2.22. The summed E-state index contributed by atoms with van der Waals surface area (Å²) in [5.74, 6) is 0. The van der Waals surface area contributed by atoms with Crippen molar-refractivity contribution < 1.29 is 13.5 Å². The molecule has 0 bridgehead atoms. The average molecular weight is 284 g/mol. The molecule has 0 radical (unpaired) electrons. The fourth-order valence-electron chi connectivity index (χ4n) is 2.51. The molecule has 1 aromatic carbocycles. The highest BCUT2D eigenvalue weighted by molar-refractivity contribution is 7.89. The summed E-state index contributed by atoms with van der Waals surface area (Å²) >= 11 is 0. The van der Waals surface area contributed by atoms with E-state index in [1.165, 1.54) is 12.1 Å². The Kier molecular flexibility index (Phi) is 4.57. The molecule has 3 N–H and O–H groups in total. The van der Waals surface area contributed by atoms with Crippen LogP contribution in [0.25, 0.3) is 0 Å². The van der Waals surface area contributed by atoms with Gasteiger partial charge in [0.05, 0.1) is 11.5 Å². The molecule has 1 heterocycles. The fraction of sp³-hybridized carbons (Fsp3) is 0.538. The van der Waals surface area contributed by atoms with E-state index in [1.54, 1.807) is 12.1 Å². The quantitative estimate of drug-likeness (QED) is 0.816. The van der Waals surface area contributed by atoms with Crippen molar-refractivity contribution in [3.05, 3.63) is 29.8 Å². The third-order valence-electron chi connectivity index (χ3n) is 3.65. The predicted octanol–water partition coefficient (Wildman–Crippen LogP) is 0.333. The summed E-state index contributed by atoms with van der Waals surface area (Å²) in [6.45, 7) is 2.13. The van der Waals surface area contributed by atoms with Crippen LogP contribution in [0.15, 0.2) is 29.2 Å². The van der Waals surface area contributed by atoms with Gasteiger partial charge < -0.3 is 5.11 Å². The van der Waals surface area contributed by atoms with Crippen molar-refractivity contribution >= 4 is 10.0 Å². The number of aliphatic hydroxyl groups is 1. The molecule has 0 aromatic heterocycles. The van der Waals surface area contributed by atoms with E-state index in [1.807, 2.05) is 0 Å². The number of aliphatic hydroxyl groups excluding tert-OH is 1. The smallest absolute Gasteiger partial charge is 0.238 e. The zero-order chi connectivity index (χ0) is 13.9. The van der Waals surface area contributed by atoms with E-state index < -0.39 is 10.0 Å². The number of benzene rings is 1. The zero-order valence-electron chi connectivity index (χ0n) is 10.8. The Bertz CT molecular complexity index is 513. The van der Waals surface area contributed by atoms with Crippen LogP contribution in [0.1, 0.15) is 18.4 Å². The number of sulfonamides is 1. The van der Waals surface area contributed by atoms with E-state index in [0.29, 0.717) is 0 Å². The van der Waals surface area contributed by atoms with Gasteiger partial charge in [0.2, 0.25) is 10.0 Å². The molecule has 2 rings (SSSR count). The minimum atomic E-state index is -3.61. The minimum absolute atomic E-state index is 0.144. The predicted molar refractivity (Wildman–Crippen MR) is 73.2 cm³/mol. The first-order valence-electron chi connectivity index (χ1n) is 6.47. The van der Waals surface area contributed by atoms with Crippen LogP contribution in [0.2, 0.25) is 0 Å². The summed E-state index contributed by atoms with van der Waals surface area (Å²) in [6.07, 6.45) is 3.04. The van der Waals surface area contributed by atoms with Crippen LogP contribution in [0, 0.1) is 0 Å². The average Bonchev–Trinajstić information content (AvgIpc) is 2.83. The summed E-state index contributed by atoms with van der Waals surface area (Å²) in [5.41, 5.74) is 1.08. The summed E-state index contributed by atoms with van der Waals surface area (Å²) < 4.78 is 22.3. The highest BCUT2D eigenvalue weighted by Crippen LogP contribution is 2.17. The van der Waals surface area contributed by atoms with Gasteiger partial charge in [-0.25, -0.2) is 13.6 Å². The normalized spacial score (nSPS) is 20.8. The SMILES string of the molecule is NS(=O)(=O)c1ccc(CCN2CCC[C@@H]2CO)cc1. The van der Waals surface area contributed by atoms with Gasteiger partial charge in [-0.3, -0.25) is 4.90 Å². The Morgan fingerprint density at radius 2 is 2.00 bits per heavy atom. The van der Waals surface area contributed by atoms with Gasteiger partial charge >= 0.3 is 0 Å². The first kappa shape index (κ1) is 14.5. The summed E-state index contributed by atoms with van der Waals surface area (Å²) in [4.78, 5) is 2.43. The molecule has 1 fully saturated rings. The van der Waals surface area contributed by atoms with Crippen LogP contribution in [-0.2, 0) is 16.4 Å². The molecule has 0 aliphatic carbocycles. The largest absolute Gasteiger partial charge is 0.395 e. The Morgan fingerprint density at radius 3 is 2.58 bits per heavy atom. The second-order valence-corrected chi connectivity index (χ2v) is 6.51. The van der Waals surface area contributed by atoms with Gasteiger partial charge in [0, 0.05) is 12.6 Å². The van der Waals surface area contributed by atoms with E-state index in [4.69, 9.17) is 5.14 Å². The van der Waals surface area contributed by atoms with E-state index >= 15 is 0 Å². The standard InChI is InChI=1S/C13H20N2O3S/c14-19(17,18)13-5-3-11(4-6-13)7-9-15-8-1-2-12(15)10-16/h3-6,12,16H,1-2,7-10H2,(H2,14,17,18)/t12-/m1/s1. The molecule has 1 saturated heterocycles. The maximum absolute atomic E-state index is 11.1. The molecule has 1 aromatic rings. The molecule has 0 spiro atoms. The summed E-state index contributed by atoms with van der Waals surface area (Å²) in [7, 11) is -3.61. The molecule has 0 unspecified atom stereocenters. The lowest BCUT2D eigenvalue weighted by molar-refractivity contribution is 0.160. The first-order valence-corrected chi connectivity index (χ1v) is 8.02. The highest BCUT2D eigenvalue weighted by atomic mass is 32.2. The van der Waals surface area contributed by atoms with E-state index in [2.05, 4.69) is 4.90 Å². The Hall–Kier alpha value is -0.950. The maximum atomic E-state index is 11.1. The minimum Gasteiger partial charge on any atom is -0.395 e. The van der Waals surface area contributed by atoms with Crippen molar-refractivity contribution in [2.24, 2.45) is 5.14 Å². The van der Waals surface area contributed by atoms with Gasteiger partial charge in [-0.1, -0.05) is 12.1 Å². The van der Waals surface area contributed by atoms with Gasteiger partial charge in [-0.2, -0.15) is 0 Å². The molecule has 19 heavy (non-hydrogen) atoms. The molecular weight excluding hydrogens is 264 g/mol. The summed E-state index contributed by atoms with van der Waals surface area (Å²) in [6, 6.07) is 6.95. The number of nitrogens with two attached hydrogens (primary N) is 1. The number of likely N-dealkylation sites (tertiary alicyclic amines) is 1. The Balaban J connectivity index is 1.93. The van der Waals surface area contributed by atoms with Crippen LogP contribution in [0.4, 0.5) is 0 Å². The first-order chi connectivity index (χ1) is 9.00. The molecular formula is C13H20N2O3S. The molecule has 6 heteroatoms. The maximum Gasteiger partial charge on any atom is 0.238 e. The Labute approximate surface area is 114 Å². The molecule has 1 aliphatic heterocycles. The second-order valence-electron chi connectivity index (χ2n) is 4.95. The van der Waals surface area contributed by atoms with E-state index in [9.17, 15) is 13.5 Å². The van der Waals surface area contributed by atoms with Gasteiger partial charge in [-0.05, 0) is 43.5 Å². The van der Waals surface area contributed by atoms with E-state index in [-0.39, 0.29) is 17.5 Å². The van der Waals surface area contributed by atoms with Crippen molar-refractivity contribution in [3.63, 3.8) is 0 Å². The van der Waals surface area contributed by atoms with Crippen LogP contribution < -0.4 is 5.14 Å². The zero-order valence-corrected chi connectivity index (χ0v) is 11.6. The molecule has 1 aliphatic rings. The van der Waals surface area contributed by atoms with Crippen molar-refractivity contribution in [1.29, 1.82) is 0 Å². The Morgan fingerprint density at radius 1 is 1.32 bits per heavy atom. The van der Waals surface area contributed by atoms with Gasteiger partial charge in [0.15, 0.2) is 0 Å². The van der Waals surface area contributed by atoms with Crippen LogP contribution >= 0.6 is 0 Å². The number of primary sulfonamides is 1. The molecule has 0 saturated carbocycles. The van der Waals surface area contributed by atoms with Crippen molar-refractivity contribution in [3.8, 4) is 0 Å². The van der Waals surface area contributed by atoms with Crippen molar-refractivity contribution in [1.82, 2.24) is 4.90 Å².